The minimum Gasteiger partial charge on any atom is -0.489 e. The summed E-state index contributed by atoms with van der Waals surface area (Å²) in [4.78, 5) is 2.61. The van der Waals surface area contributed by atoms with E-state index >= 15 is 0 Å². The lowest BCUT2D eigenvalue weighted by atomic mass is 9.86. The maximum atomic E-state index is 10.7. The molecule has 4 rings (SSSR count). The minimum atomic E-state index is -0.551. The van der Waals surface area contributed by atoms with E-state index in [2.05, 4.69) is 34.9 Å². The van der Waals surface area contributed by atoms with Gasteiger partial charge in [0.1, 0.15) is 11.9 Å². The molecule has 0 spiro atoms. The first kappa shape index (κ1) is 24.3. The number of para-hydroxylation sites is 1. The lowest BCUT2D eigenvalue weighted by Crippen LogP contribution is -2.30. The molecular formula is C29H41NO3. The van der Waals surface area contributed by atoms with Gasteiger partial charge in [-0.05, 0) is 70.1 Å². The highest BCUT2D eigenvalue weighted by molar-refractivity contribution is 5.49. The van der Waals surface area contributed by atoms with Gasteiger partial charge < -0.3 is 19.8 Å². The van der Waals surface area contributed by atoms with Gasteiger partial charge in [-0.15, -0.1) is 11.8 Å². The average Bonchev–Trinajstić information content (AvgIpc) is 3.34. The summed E-state index contributed by atoms with van der Waals surface area (Å²) in [6, 6.07) is 6.53. The van der Waals surface area contributed by atoms with E-state index < -0.39 is 12.2 Å². The number of piperidine rings is 1. The van der Waals surface area contributed by atoms with E-state index in [1.807, 2.05) is 26.0 Å². The van der Waals surface area contributed by atoms with Gasteiger partial charge in [-0.25, -0.2) is 0 Å². The number of nitrogens with zero attached hydrogens (tertiary/aromatic N) is 1. The van der Waals surface area contributed by atoms with Gasteiger partial charge in [0.2, 0.25) is 0 Å². The molecule has 0 amide bonds. The number of fused-ring (bicyclic) bond motifs is 3. The zero-order valence-electron chi connectivity index (χ0n) is 20.4. The van der Waals surface area contributed by atoms with Crippen LogP contribution in [0.15, 0.2) is 30.4 Å². The van der Waals surface area contributed by atoms with Gasteiger partial charge in [0.15, 0.2) is 0 Å². The fraction of sp³-hybridized carbons (Fsp3) is 0.655. The Bertz CT molecular complexity index is 863. The smallest absolute Gasteiger partial charge is 0.126 e. The van der Waals surface area contributed by atoms with Gasteiger partial charge >= 0.3 is 0 Å². The number of benzene rings is 1. The second-order valence-electron chi connectivity index (χ2n) is 10.2. The van der Waals surface area contributed by atoms with Gasteiger partial charge in [0, 0.05) is 30.2 Å². The van der Waals surface area contributed by atoms with Crippen molar-refractivity contribution in [2.24, 2.45) is 11.8 Å². The second-order valence-corrected chi connectivity index (χ2v) is 10.2. The molecule has 2 N–H and O–H groups in total. The highest BCUT2D eigenvalue weighted by atomic mass is 16.5. The monoisotopic (exact) mass is 451 g/mol. The van der Waals surface area contributed by atoms with Gasteiger partial charge in [0.05, 0.1) is 12.2 Å². The SMILES string of the molecule is CC#CC[C@@H](C)[C@H](O)C=C[C@@H]1[C@H]2c3cccc(CCCCN4CCCCC4)c3O[C@H]2C[C@H]1O. The highest BCUT2D eigenvalue weighted by Gasteiger charge is 2.48. The van der Waals surface area contributed by atoms with Crippen LogP contribution in [-0.4, -0.2) is 53.1 Å². The zero-order valence-corrected chi connectivity index (χ0v) is 20.4. The molecular weight excluding hydrogens is 410 g/mol. The van der Waals surface area contributed by atoms with Crippen molar-refractivity contribution >= 4 is 0 Å². The van der Waals surface area contributed by atoms with Crippen LogP contribution in [0, 0.1) is 23.7 Å². The first-order chi connectivity index (χ1) is 16.1. The second kappa shape index (κ2) is 11.6. The Morgan fingerprint density at radius 3 is 2.82 bits per heavy atom. The third kappa shape index (κ3) is 5.83. The molecule has 2 aliphatic heterocycles. The normalized spacial score (nSPS) is 28.6. The fourth-order valence-corrected chi connectivity index (χ4v) is 5.81. The van der Waals surface area contributed by atoms with Crippen molar-refractivity contribution < 1.29 is 14.9 Å². The van der Waals surface area contributed by atoms with Crippen molar-refractivity contribution in [2.75, 3.05) is 19.6 Å². The summed E-state index contributed by atoms with van der Waals surface area (Å²) in [5, 5.41) is 21.3. The molecule has 4 nitrogen and oxygen atoms in total. The van der Waals surface area contributed by atoms with E-state index in [0.29, 0.717) is 12.8 Å². The van der Waals surface area contributed by atoms with Crippen molar-refractivity contribution in [1.82, 2.24) is 4.90 Å². The molecule has 2 heterocycles. The Balaban J connectivity index is 1.38. The molecule has 1 aromatic carbocycles. The molecule has 6 atom stereocenters. The summed E-state index contributed by atoms with van der Waals surface area (Å²) >= 11 is 0. The van der Waals surface area contributed by atoms with E-state index in [0.717, 1.165) is 12.2 Å². The van der Waals surface area contributed by atoms with Gasteiger partial charge in [-0.3, -0.25) is 0 Å². The Morgan fingerprint density at radius 1 is 1.21 bits per heavy atom. The highest BCUT2D eigenvalue weighted by Crippen LogP contribution is 2.52. The Kier molecular flexibility index (Phi) is 8.52. The molecule has 0 radical (unpaired) electrons. The number of ether oxygens (including phenoxy) is 1. The van der Waals surface area contributed by atoms with Crippen LogP contribution in [0.1, 0.15) is 75.8 Å². The largest absolute Gasteiger partial charge is 0.489 e. The molecule has 4 heteroatoms. The lowest BCUT2D eigenvalue weighted by molar-refractivity contribution is 0.134. The van der Waals surface area contributed by atoms with Gasteiger partial charge in [-0.1, -0.05) is 43.7 Å². The van der Waals surface area contributed by atoms with Crippen LogP contribution in [0.3, 0.4) is 0 Å². The summed E-state index contributed by atoms with van der Waals surface area (Å²) in [6.45, 7) is 7.59. The number of aliphatic hydroxyl groups excluding tert-OH is 2. The molecule has 1 aliphatic carbocycles. The number of likely N-dealkylation sites (tertiary alicyclic amines) is 1. The Morgan fingerprint density at radius 2 is 2.03 bits per heavy atom. The third-order valence-corrected chi connectivity index (χ3v) is 7.82. The quantitative estimate of drug-likeness (QED) is 0.325. The van der Waals surface area contributed by atoms with E-state index in [-0.39, 0.29) is 23.9 Å². The molecule has 180 valence electrons. The first-order valence-electron chi connectivity index (χ1n) is 13.0. The van der Waals surface area contributed by atoms with E-state index in [4.69, 9.17) is 4.74 Å². The van der Waals surface area contributed by atoms with Gasteiger partial charge in [0.25, 0.3) is 0 Å². The molecule has 1 aromatic rings. The first-order valence-corrected chi connectivity index (χ1v) is 13.0. The van der Waals surface area contributed by atoms with Crippen molar-refractivity contribution in [3.05, 3.63) is 41.5 Å². The molecule has 33 heavy (non-hydrogen) atoms. The van der Waals surface area contributed by atoms with Crippen LogP contribution in [0.5, 0.6) is 5.75 Å². The topological polar surface area (TPSA) is 52.9 Å². The standard InChI is InChI=1S/C29H41NO3/c1-3-4-11-21(2)25(31)16-15-23-26(32)20-27-28(23)24-14-10-13-22(29(24)33-27)12-6-9-19-30-17-7-5-8-18-30/h10,13-16,21,23,25-28,31-32H,5-9,11-12,17-20H2,1-2H3/t21-,23+,25-,26-,27+,28+/m1/s1. The molecule has 0 unspecified atom stereocenters. The predicted molar refractivity (Wildman–Crippen MR) is 133 cm³/mol. The van der Waals surface area contributed by atoms with E-state index in [9.17, 15) is 10.2 Å². The zero-order chi connectivity index (χ0) is 23.2. The number of hydrogen-bond acceptors (Lipinski definition) is 4. The van der Waals surface area contributed by atoms with Crippen LogP contribution in [0.2, 0.25) is 0 Å². The van der Waals surface area contributed by atoms with Crippen LogP contribution < -0.4 is 4.74 Å². The molecule has 1 saturated carbocycles. The summed E-state index contributed by atoms with van der Waals surface area (Å²) in [5.74, 6) is 7.22. The lowest BCUT2D eigenvalue weighted by Gasteiger charge is -2.26. The predicted octanol–water partition coefficient (Wildman–Crippen LogP) is 4.69. The molecule has 0 bridgehead atoms. The third-order valence-electron chi connectivity index (χ3n) is 7.82. The van der Waals surface area contributed by atoms with Gasteiger partial charge in [-0.2, -0.15) is 0 Å². The van der Waals surface area contributed by atoms with Crippen molar-refractivity contribution in [2.45, 2.75) is 89.4 Å². The number of hydrogen-bond donors (Lipinski definition) is 2. The number of aliphatic hydroxyl groups is 2. The van der Waals surface area contributed by atoms with Crippen LogP contribution in [0.25, 0.3) is 0 Å². The molecule has 3 aliphatic rings. The van der Waals surface area contributed by atoms with Crippen molar-refractivity contribution in [1.29, 1.82) is 0 Å². The van der Waals surface area contributed by atoms with Crippen LogP contribution in [-0.2, 0) is 6.42 Å². The fourth-order valence-electron chi connectivity index (χ4n) is 5.81. The summed E-state index contributed by atoms with van der Waals surface area (Å²) in [5.41, 5.74) is 2.55. The average molecular weight is 452 g/mol. The molecule has 1 saturated heterocycles. The summed E-state index contributed by atoms with van der Waals surface area (Å²) in [6.07, 6.45) is 11.8. The van der Waals surface area contributed by atoms with Crippen molar-refractivity contribution in [3.8, 4) is 17.6 Å². The number of unbranched alkanes of at least 4 members (excludes halogenated alkanes) is 1. The van der Waals surface area contributed by atoms with Crippen molar-refractivity contribution in [3.63, 3.8) is 0 Å². The van der Waals surface area contributed by atoms with Crippen LogP contribution in [0.4, 0.5) is 0 Å². The minimum absolute atomic E-state index is 0.0234. The Labute approximate surface area is 200 Å². The number of aryl methyl sites for hydroxylation is 1. The van der Waals surface area contributed by atoms with Crippen LogP contribution >= 0.6 is 0 Å². The summed E-state index contributed by atoms with van der Waals surface area (Å²) in [7, 11) is 0. The summed E-state index contributed by atoms with van der Waals surface area (Å²) < 4.78 is 6.43. The van der Waals surface area contributed by atoms with E-state index in [1.54, 1.807) is 0 Å². The maximum Gasteiger partial charge on any atom is 0.126 e. The van der Waals surface area contributed by atoms with E-state index in [1.165, 1.54) is 62.9 Å². The Hall–Kier alpha value is -1.80. The molecule has 2 fully saturated rings. The molecule has 0 aromatic heterocycles. The maximum absolute atomic E-state index is 10.7. The number of rotatable bonds is 9.